The number of aromatic nitrogens is 1. The number of carbonyl (C=O) groups is 1. The Balaban J connectivity index is 1.93. The summed E-state index contributed by atoms with van der Waals surface area (Å²) in [5.74, 6) is 1.11. The van der Waals surface area contributed by atoms with Crippen LogP contribution in [0.5, 0.6) is 5.75 Å². The second-order valence-corrected chi connectivity index (χ2v) is 5.10. The lowest BCUT2D eigenvalue weighted by Gasteiger charge is -2.02. The van der Waals surface area contributed by atoms with Gasteiger partial charge in [0.2, 0.25) is 5.91 Å². The molecule has 0 saturated heterocycles. The molecule has 1 aromatic heterocycles. The van der Waals surface area contributed by atoms with Crippen LogP contribution in [0.1, 0.15) is 12.5 Å². The van der Waals surface area contributed by atoms with E-state index < -0.39 is 0 Å². The van der Waals surface area contributed by atoms with Gasteiger partial charge in [-0.05, 0) is 58.8 Å². The van der Waals surface area contributed by atoms with E-state index in [1.807, 2.05) is 37.3 Å². The van der Waals surface area contributed by atoms with Crippen molar-refractivity contribution >= 4 is 33.7 Å². The Labute approximate surface area is 132 Å². The summed E-state index contributed by atoms with van der Waals surface area (Å²) in [6.45, 7) is 2.58. The zero-order valence-corrected chi connectivity index (χ0v) is 13.1. The lowest BCUT2D eigenvalue weighted by atomic mass is 10.2. The van der Waals surface area contributed by atoms with Crippen molar-refractivity contribution in [3.05, 3.63) is 58.7 Å². The van der Waals surface area contributed by atoms with Gasteiger partial charge in [0.15, 0.2) is 0 Å². The predicted molar refractivity (Wildman–Crippen MR) is 87.2 cm³/mol. The fourth-order valence-electron chi connectivity index (χ4n) is 1.63. The molecule has 0 unspecified atom stereocenters. The highest BCUT2D eigenvalue weighted by molar-refractivity contribution is 9.10. The molecule has 1 amide bonds. The van der Waals surface area contributed by atoms with Crippen molar-refractivity contribution in [3.8, 4) is 5.75 Å². The van der Waals surface area contributed by atoms with Crippen LogP contribution in [0.4, 0.5) is 5.82 Å². The minimum absolute atomic E-state index is 0.223. The Morgan fingerprint density at radius 2 is 2.05 bits per heavy atom. The van der Waals surface area contributed by atoms with Gasteiger partial charge in [-0.2, -0.15) is 0 Å². The average Bonchev–Trinajstić information content (AvgIpc) is 2.49. The molecule has 1 aromatic carbocycles. The lowest BCUT2D eigenvalue weighted by molar-refractivity contribution is -0.111. The Bertz CT molecular complexity index is 622. The first-order valence-electron chi connectivity index (χ1n) is 6.51. The molecule has 1 N–H and O–H groups in total. The van der Waals surface area contributed by atoms with Gasteiger partial charge in [-0.3, -0.25) is 4.79 Å². The maximum Gasteiger partial charge on any atom is 0.249 e. The molecular weight excluding hydrogens is 332 g/mol. The van der Waals surface area contributed by atoms with Crippen LogP contribution in [-0.4, -0.2) is 17.5 Å². The SMILES string of the molecule is CCOc1ccc(/C=C/C(=O)Nc2ccc(Br)cn2)cc1. The average molecular weight is 347 g/mol. The second kappa shape index (κ2) is 7.59. The number of ether oxygens (including phenoxy) is 1. The summed E-state index contributed by atoms with van der Waals surface area (Å²) in [6.07, 6.45) is 4.84. The fraction of sp³-hybridized carbons (Fsp3) is 0.125. The van der Waals surface area contributed by atoms with E-state index in [0.29, 0.717) is 12.4 Å². The first kappa shape index (κ1) is 15.3. The fourth-order valence-corrected chi connectivity index (χ4v) is 1.87. The Kier molecular flexibility index (Phi) is 5.51. The van der Waals surface area contributed by atoms with Crippen molar-refractivity contribution in [1.82, 2.24) is 4.98 Å². The highest BCUT2D eigenvalue weighted by Crippen LogP contribution is 2.13. The summed E-state index contributed by atoms with van der Waals surface area (Å²) in [6, 6.07) is 11.1. The van der Waals surface area contributed by atoms with Gasteiger partial charge >= 0.3 is 0 Å². The van der Waals surface area contributed by atoms with E-state index in [4.69, 9.17) is 4.74 Å². The number of carbonyl (C=O) groups excluding carboxylic acids is 1. The molecule has 0 aliphatic carbocycles. The van der Waals surface area contributed by atoms with Crippen LogP contribution in [0.25, 0.3) is 6.08 Å². The number of benzene rings is 1. The van der Waals surface area contributed by atoms with Gasteiger partial charge in [-0.1, -0.05) is 12.1 Å². The first-order valence-corrected chi connectivity index (χ1v) is 7.30. The van der Waals surface area contributed by atoms with Gasteiger partial charge in [-0.25, -0.2) is 4.98 Å². The molecule has 0 atom stereocenters. The standard InChI is InChI=1S/C16H15BrN2O2/c1-2-21-14-7-3-12(4-8-14)5-10-16(20)19-15-9-6-13(17)11-18-15/h3-11H,2H2,1H3,(H,18,19,20)/b10-5+. The maximum absolute atomic E-state index is 11.8. The second-order valence-electron chi connectivity index (χ2n) is 4.19. The molecule has 108 valence electrons. The van der Waals surface area contributed by atoms with Crippen LogP contribution in [-0.2, 0) is 4.79 Å². The van der Waals surface area contributed by atoms with Crippen molar-refractivity contribution in [3.63, 3.8) is 0 Å². The number of amides is 1. The van der Waals surface area contributed by atoms with Crippen molar-refractivity contribution in [2.45, 2.75) is 6.92 Å². The van der Waals surface area contributed by atoms with Crippen LogP contribution < -0.4 is 10.1 Å². The number of anilines is 1. The number of nitrogens with one attached hydrogen (secondary N) is 1. The third kappa shape index (κ3) is 5.04. The molecule has 0 fully saturated rings. The lowest BCUT2D eigenvalue weighted by Crippen LogP contribution is -2.08. The number of halogens is 1. The summed E-state index contributed by atoms with van der Waals surface area (Å²) in [5.41, 5.74) is 0.928. The number of nitrogens with zero attached hydrogens (tertiary/aromatic N) is 1. The molecule has 5 heteroatoms. The van der Waals surface area contributed by atoms with Crippen LogP contribution in [0.15, 0.2) is 53.1 Å². The van der Waals surface area contributed by atoms with E-state index in [2.05, 4.69) is 26.2 Å². The molecule has 0 aliphatic rings. The molecule has 4 nitrogen and oxygen atoms in total. The van der Waals surface area contributed by atoms with Crippen molar-refractivity contribution in [2.24, 2.45) is 0 Å². The normalized spacial score (nSPS) is 10.6. The van der Waals surface area contributed by atoms with Crippen LogP contribution >= 0.6 is 15.9 Å². The van der Waals surface area contributed by atoms with Gasteiger partial charge in [0.05, 0.1) is 6.61 Å². The van der Waals surface area contributed by atoms with E-state index in [0.717, 1.165) is 15.8 Å². The number of pyridine rings is 1. The van der Waals surface area contributed by atoms with Gasteiger partial charge < -0.3 is 10.1 Å². The Hall–Kier alpha value is -2.14. The van der Waals surface area contributed by atoms with Crippen LogP contribution in [0, 0.1) is 0 Å². The van der Waals surface area contributed by atoms with Crippen molar-refractivity contribution in [2.75, 3.05) is 11.9 Å². The molecule has 21 heavy (non-hydrogen) atoms. The molecule has 2 aromatic rings. The van der Waals surface area contributed by atoms with Crippen molar-refractivity contribution in [1.29, 1.82) is 0 Å². The Morgan fingerprint density at radius 3 is 2.67 bits per heavy atom. The van der Waals surface area contributed by atoms with Crippen molar-refractivity contribution < 1.29 is 9.53 Å². The summed E-state index contributed by atoms with van der Waals surface area (Å²) in [5, 5.41) is 2.69. The van der Waals surface area contributed by atoms with E-state index >= 15 is 0 Å². The highest BCUT2D eigenvalue weighted by Gasteiger charge is 1.99. The third-order valence-corrected chi connectivity index (χ3v) is 3.07. The summed E-state index contributed by atoms with van der Waals surface area (Å²) in [4.78, 5) is 15.8. The van der Waals surface area contributed by atoms with Crippen LogP contribution in [0.2, 0.25) is 0 Å². The number of hydrogen-bond donors (Lipinski definition) is 1. The monoisotopic (exact) mass is 346 g/mol. The first-order chi connectivity index (χ1) is 10.2. The van der Waals surface area contributed by atoms with Gasteiger partial charge in [0.25, 0.3) is 0 Å². The van der Waals surface area contributed by atoms with E-state index in [1.54, 1.807) is 18.3 Å². The van der Waals surface area contributed by atoms with Gasteiger partial charge in [-0.15, -0.1) is 0 Å². The molecular formula is C16H15BrN2O2. The van der Waals surface area contributed by atoms with Gasteiger partial charge in [0, 0.05) is 16.7 Å². The zero-order valence-electron chi connectivity index (χ0n) is 11.5. The maximum atomic E-state index is 11.8. The molecule has 0 aliphatic heterocycles. The minimum atomic E-state index is -0.223. The largest absolute Gasteiger partial charge is 0.494 e. The number of rotatable bonds is 5. The Morgan fingerprint density at radius 1 is 1.29 bits per heavy atom. The van der Waals surface area contributed by atoms with E-state index in [-0.39, 0.29) is 5.91 Å². The molecule has 1 heterocycles. The molecule has 0 saturated carbocycles. The number of hydrogen-bond acceptors (Lipinski definition) is 3. The van der Waals surface area contributed by atoms with E-state index in [1.165, 1.54) is 6.08 Å². The summed E-state index contributed by atoms with van der Waals surface area (Å²) in [7, 11) is 0. The highest BCUT2D eigenvalue weighted by atomic mass is 79.9. The minimum Gasteiger partial charge on any atom is -0.494 e. The summed E-state index contributed by atoms with van der Waals surface area (Å²) < 4.78 is 6.23. The predicted octanol–water partition coefficient (Wildman–Crippen LogP) is 3.89. The molecule has 0 radical (unpaired) electrons. The molecule has 2 rings (SSSR count). The smallest absolute Gasteiger partial charge is 0.249 e. The van der Waals surface area contributed by atoms with E-state index in [9.17, 15) is 4.79 Å². The topological polar surface area (TPSA) is 51.2 Å². The molecule has 0 bridgehead atoms. The van der Waals surface area contributed by atoms with Gasteiger partial charge in [0.1, 0.15) is 11.6 Å². The zero-order chi connectivity index (χ0) is 15.1. The summed E-state index contributed by atoms with van der Waals surface area (Å²) >= 11 is 3.29. The quantitative estimate of drug-likeness (QED) is 0.835. The van der Waals surface area contributed by atoms with Crippen LogP contribution in [0.3, 0.4) is 0 Å². The third-order valence-electron chi connectivity index (χ3n) is 2.60. The molecule has 0 spiro atoms.